The van der Waals surface area contributed by atoms with Gasteiger partial charge in [0.1, 0.15) is 12.4 Å². The molecule has 3 rings (SSSR count). The average Bonchev–Trinajstić information content (AvgIpc) is 3.07. The lowest BCUT2D eigenvalue weighted by Gasteiger charge is -2.17. The Labute approximate surface area is 137 Å². The number of ether oxygens (including phenoxy) is 1. The quantitative estimate of drug-likeness (QED) is 0.806. The van der Waals surface area contributed by atoms with Crippen LogP contribution in [0.15, 0.2) is 42.5 Å². The number of rotatable bonds is 6. The predicted molar refractivity (Wildman–Crippen MR) is 92.3 cm³/mol. The van der Waals surface area contributed by atoms with E-state index in [0.29, 0.717) is 25.6 Å². The molecule has 0 radical (unpaired) electrons. The average molecular weight is 312 g/mol. The van der Waals surface area contributed by atoms with E-state index >= 15 is 0 Å². The van der Waals surface area contributed by atoms with Crippen molar-refractivity contribution in [1.29, 1.82) is 0 Å². The molecule has 1 aliphatic carbocycles. The largest absolute Gasteiger partial charge is 0.492 e. The van der Waals surface area contributed by atoms with E-state index in [1.807, 2.05) is 30.3 Å². The van der Waals surface area contributed by atoms with Gasteiger partial charge in [-0.05, 0) is 48.2 Å². The number of fused-ring (bicyclic) bond motifs is 1. The van der Waals surface area contributed by atoms with Crippen LogP contribution in [0.5, 0.6) is 5.75 Å². The van der Waals surface area contributed by atoms with E-state index in [2.05, 4.69) is 17.4 Å². The summed E-state index contributed by atoms with van der Waals surface area (Å²) in [7, 11) is 0. The second-order valence-electron chi connectivity index (χ2n) is 6.18. The first-order valence-corrected chi connectivity index (χ1v) is 8.37. The van der Waals surface area contributed by atoms with Crippen LogP contribution in [0, 0.1) is 11.8 Å². The van der Waals surface area contributed by atoms with Gasteiger partial charge >= 0.3 is 0 Å². The van der Waals surface area contributed by atoms with Crippen LogP contribution in [0.25, 0.3) is 10.8 Å². The summed E-state index contributed by atoms with van der Waals surface area (Å²) < 4.78 is 5.74. The summed E-state index contributed by atoms with van der Waals surface area (Å²) in [4.78, 5) is 12.2. The maximum absolute atomic E-state index is 12.2. The summed E-state index contributed by atoms with van der Waals surface area (Å²) in [5.74, 6) is 1.38. The molecule has 2 atom stereocenters. The fourth-order valence-corrected chi connectivity index (χ4v) is 3.40. The van der Waals surface area contributed by atoms with E-state index < -0.39 is 0 Å². The number of carbonyl (C=O) groups excluding carboxylic acids is 1. The molecule has 0 heterocycles. The Kier molecular flexibility index (Phi) is 5.13. The molecule has 4 nitrogen and oxygen atoms in total. The zero-order valence-corrected chi connectivity index (χ0v) is 13.3. The first kappa shape index (κ1) is 15.8. The van der Waals surface area contributed by atoms with Crippen molar-refractivity contribution in [2.75, 3.05) is 19.7 Å². The summed E-state index contributed by atoms with van der Waals surface area (Å²) in [5, 5.41) is 5.33. The van der Waals surface area contributed by atoms with Crippen molar-refractivity contribution in [3.63, 3.8) is 0 Å². The predicted octanol–water partition coefficient (Wildman–Crippen LogP) is 2.71. The summed E-state index contributed by atoms with van der Waals surface area (Å²) in [6.07, 6.45) is 3.13. The minimum Gasteiger partial charge on any atom is -0.492 e. The SMILES string of the molecule is NC[C@H]1CCC[C@H]1C(=O)NCCOc1ccc2ccccc2c1. The summed E-state index contributed by atoms with van der Waals surface area (Å²) >= 11 is 0. The van der Waals surface area contributed by atoms with E-state index in [0.717, 1.165) is 30.4 Å². The number of amides is 1. The van der Waals surface area contributed by atoms with Gasteiger partial charge in [-0.2, -0.15) is 0 Å². The summed E-state index contributed by atoms with van der Waals surface area (Å²) in [5.41, 5.74) is 5.73. The van der Waals surface area contributed by atoms with Crippen LogP contribution < -0.4 is 15.8 Å². The lowest BCUT2D eigenvalue weighted by Crippen LogP contribution is -2.37. The Morgan fingerprint density at radius 3 is 2.83 bits per heavy atom. The lowest BCUT2D eigenvalue weighted by atomic mass is 9.95. The van der Waals surface area contributed by atoms with Crippen molar-refractivity contribution in [3.05, 3.63) is 42.5 Å². The van der Waals surface area contributed by atoms with E-state index in [1.165, 1.54) is 5.39 Å². The smallest absolute Gasteiger partial charge is 0.223 e. The van der Waals surface area contributed by atoms with Gasteiger partial charge in [-0.3, -0.25) is 4.79 Å². The van der Waals surface area contributed by atoms with Crippen LogP contribution in [-0.4, -0.2) is 25.6 Å². The van der Waals surface area contributed by atoms with E-state index in [9.17, 15) is 4.79 Å². The van der Waals surface area contributed by atoms with Gasteiger partial charge in [0.05, 0.1) is 6.54 Å². The zero-order valence-electron chi connectivity index (χ0n) is 13.3. The number of hydrogen-bond donors (Lipinski definition) is 2. The normalized spacial score (nSPS) is 20.6. The van der Waals surface area contributed by atoms with Gasteiger partial charge in [0, 0.05) is 5.92 Å². The number of carbonyl (C=O) groups is 1. The van der Waals surface area contributed by atoms with Crippen LogP contribution >= 0.6 is 0 Å². The molecule has 3 N–H and O–H groups in total. The van der Waals surface area contributed by atoms with Crippen molar-refractivity contribution in [2.45, 2.75) is 19.3 Å². The number of nitrogens with two attached hydrogens (primary N) is 1. The second kappa shape index (κ2) is 7.47. The Morgan fingerprint density at radius 2 is 2.00 bits per heavy atom. The Morgan fingerprint density at radius 1 is 1.17 bits per heavy atom. The molecule has 1 aliphatic rings. The minimum absolute atomic E-state index is 0.0840. The monoisotopic (exact) mass is 312 g/mol. The van der Waals surface area contributed by atoms with Gasteiger partial charge in [0.25, 0.3) is 0 Å². The van der Waals surface area contributed by atoms with Crippen molar-refractivity contribution in [1.82, 2.24) is 5.32 Å². The maximum Gasteiger partial charge on any atom is 0.223 e. The Balaban J connectivity index is 1.46. The van der Waals surface area contributed by atoms with Gasteiger partial charge in [-0.15, -0.1) is 0 Å². The molecule has 0 spiro atoms. The number of nitrogens with one attached hydrogen (secondary N) is 1. The Bertz CT molecular complexity index is 671. The standard InChI is InChI=1S/C19H24N2O2/c20-13-16-6-3-7-18(16)19(22)21-10-11-23-17-9-8-14-4-1-2-5-15(14)12-17/h1-2,4-5,8-9,12,16,18H,3,6-7,10-11,13,20H2,(H,21,22)/t16-,18-/m1/s1. The van der Waals surface area contributed by atoms with Crippen molar-refractivity contribution < 1.29 is 9.53 Å². The number of benzene rings is 2. The van der Waals surface area contributed by atoms with Crippen LogP contribution in [0.1, 0.15) is 19.3 Å². The van der Waals surface area contributed by atoms with E-state index in [1.54, 1.807) is 0 Å². The molecule has 0 aliphatic heterocycles. The van der Waals surface area contributed by atoms with Gasteiger partial charge in [-0.25, -0.2) is 0 Å². The topological polar surface area (TPSA) is 64.4 Å². The van der Waals surface area contributed by atoms with Gasteiger partial charge in [0.2, 0.25) is 5.91 Å². The van der Waals surface area contributed by atoms with Crippen LogP contribution in [-0.2, 0) is 4.79 Å². The zero-order chi connectivity index (χ0) is 16.1. The fourth-order valence-electron chi connectivity index (χ4n) is 3.40. The third kappa shape index (κ3) is 3.82. The molecule has 0 saturated heterocycles. The first-order chi connectivity index (χ1) is 11.3. The molecule has 4 heteroatoms. The number of hydrogen-bond acceptors (Lipinski definition) is 3. The lowest BCUT2D eigenvalue weighted by molar-refractivity contribution is -0.126. The second-order valence-corrected chi connectivity index (χ2v) is 6.18. The molecule has 1 saturated carbocycles. The van der Waals surface area contributed by atoms with Crippen LogP contribution in [0.3, 0.4) is 0 Å². The highest BCUT2D eigenvalue weighted by Crippen LogP contribution is 2.30. The maximum atomic E-state index is 12.2. The van der Waals surface area contributed by atoms with Gasteiger partial charge < -0.3 is 15.8 Å². The molecule has 1 fully saturated rings. The Hall–Kier alpha value is -2.07. The van der Waals surface area contributed by atoms with Gasteiger partial charge in [0.15, 0.2) is 0 Å². The fraction of sp³-hybridized carbons (Fsp3) is 0.421. The molecule has 2 aromatic carbocycles. The highest BCUT2D eigenvalue weighted by molar-refractivity contribution is 5.83. The molecule has 1 amide bonds. The van der Waals surface area contributed by atoms with Gasteiger partial charge in [-0.1, -0.05) is 36.8 Å². The van der Waals surface area contributed by atoms with E-state index in [-0.39, 0.29) is 11.8 Å². The molecular formula is C19H24N2O2. The highest BCUT2D eigenvalue weighted by atomic mass is 16.5. The molecular weight excluding hydrogens is 288 g/mol. The van der Waals surface area contributed by atoms with E-state index in [4.69, 9.17) is 10.5 Å². The first-order valence-electron chi connectivity index (χ1n) is 8.37. The van der Waals surface area contributed by atoms with Crippen LogP contribution in [0.2, 0.25) is 0 Å². The molecule has 0 unspecified atom stereocenters. The third-order valence-electron chi connectivity index (χ3n) is 4.69. The highest BCUT2D eigenvalue weighted by Gasteiger charge is 2.31. The summed E-state index contributed by atoms with van der Waals surface area (Å²) in [6.45, 7) is 1.61. The molecule has 0 bridgehead atoms. The molecule has 2 aromatic rings. The molecule has 122 valence electrons. The van der Waals surface area contributed by atoms with Crippen molar-refractivity contribution in [3.8, 4) is 5.75 Å². The molecule has 0 aromatic heterocycles. The molecule has 23 heavy (non-hydrogen) atoms. The van der Waals surface area contributed by atoms with Crippen molar-refractivity contribution in [2.24, 2.45) is 17.6 Å². The van der Waals surface area contributed by atoms with Crippen molar-refractivity contribution >= 4 is 16.7 Å². The van der Waals surface area contributed by atoms with Crippen LogP contribution in [0.4, 0.5) is 0 Å². The third-order valence-corrected chi connectivity index (χ3v) is 4.69. The minimum atomic E-state index is 0.0840. The summed E-state index contributed by atoms with van der Waals surface area (Å²) in [6, 6.07) is 14.2.